The van der Waals surface area contributed by atoms with E-state index in [9.17, 15) is 19.5 Å². The molecule has 0 rings (SSSR count). The van der Waals surface area contributed by atoms with E-state index >= 15 is 0 Å². The number of nitrogens with zero attached hydrogens (tertiary/aromatic N) is 1. The van der Waals surface area contributed by atoms with Gasteiger partial charge in [-0.25, -0.2) is 4.79 Å². The predicted molar refractivity (Wildman–Crippen MR) is 211 cm³/mol. The molecule has 296 valence electrons. The maximum atomic E-state index is 12.7. The first-order chi connectivity index (χ1) is 24.6. The molecule has 0 saturated carbocycles. The summed E-state index contributed by atoms with van der Waals surface area (Å²) in [7, 11) is 5.51. The molecule has 0 aromatic heterocycles. The Morgan fingerprint density at radius 1 is 0.608 bits per heavy atom. The minimum Gasteiger partial charge on any atom is -0.477 e. The number of allylic oxidation sites excluding steroid dienone is 6. The highest BCUT2D eigenvalue weighted by Crippen LogP contribution is 2.14. The Bertz CT molecular complexity index is 937. The first kappa shape index (κ1) is 48.5. The summed E-state index contributed by atoms with van der Waals surface area (Å²) in [6, 6.07) is -0.615. The van der Waals surface area contributed by atoms with Crippen LogP contribution >= 0.6 is 0 Å². The number of ether oxygens (including phenoxy) is 3. The lowest BCUT2D eigenvalue weighted by atomic mass is 10.0. The van der Waals surface area contributed by atoms with E-state index in [1.807, 2.05) is 21.1 Å². The first-order valence-corrected chi connectivity index (χ1v) is 20.5. The minimum atomic E-state index is -0.878. The molecule has 0 aromatic carbocycles. The molecule has 0 heterocycles. The van der Waals surface area contributed by atoms with Gasteiger partial charge in [-0.15, -0.1) is 0 Å². The van der Waals surface area contributed by atoms with Gasteiger partial charge in [-0.05, 0) is 44.9 Å². The summed E-state index contributed by atoms with van der Waals surface area (Å²) in [6.07, 6.45) is 37.5. The summed E-state index contributed by atoms with van der Waals surface area (Å²) in [5.74, 6) is -1.49. The molecule has 0 spiro atoms. The van der Waals surface area contributed by atoms with Crippen LogP contribution in [0.2, 0.25) is 0 Å². The number of aliphatic carboxylic acids is 1. The second kappa shape index (κ2) is 34.6. The molecule has 0 saturated heterocycles. The molecule has 0 radical (unpaired) electrons. The lowest BCUT2D eigenvalue weighted by molar-refractivity contribution is -0.887. The number of hydrogen-bond donors (Lipinski definition) is 1. The second-order valence-electron chi connectivity index (χ2n) is 14.9. The van der Waals surface area contributed by atoms with Crippen molar-refractivity contribution >= 4 is 17.9 Å². The second-order valence-corrected chi connectivity index (χ2v) is 14.9. The maximum absolute atomic E-state index is 12.7. The van der Waals surface area contributed by atoms with Crippen LogP contribution in [0.15, 0.2) is 36.5 Å². The van der Waals surface area contributed by atoms with Crippen LogP contribution in [-0.2, 0) is 28.6 Å². The number of carboxylic acid groups (broad SMARTS) is 1. The molecule has 0 aliphatic carbocycles. The Balaban J connectivity index is 4.41. The number of quaternary nitrogens is 1. The van der Waals surface area contributed by atoms with Crippen LogP contribution in [0.25, 0.3) is 0 Å². The fourth-order valence-electron chi connectivity index (χ4n) is 5.87. The quantitative estimate of drug-likeness (QED) is 0.0298. The molecule has 1 N–H and O–H groups in total. The number of unbranched alkanes of at least 4 members (excludes halogenated alkanes) is 16. The molecule has 0 fully saturated rings. The third-order valence-corrected chi connectivity index (χ3v) is 9.05. The lowest BCUT2D eigenvalue weighted by Crippen LogP contribution is -2.50. The molecule has 2 atom stereocenters. The maximum Gasteiger partial charge on any atom is 0.362 e. The van der Waals surface area contributed by atoms with E-state index in [4.69, 9.17) is 14.2 Å². The largest absolute Gasteiger partial charge is 0.477 e. The Labute approximate surface area is 313 Å². The summed E-state index contributed by atoms with van der Waals surface area (Å²) in [4.78, 5) is 36.8. The van der Waals surface area contributed by atoms with Gasteiger partial charge in [0.25, 0.3) is 0 Å². The van der Waals surface area contributed by atoms with Crippen LogP contribution < -0.4 is 0 Å². The smallest absolute Gasteiger partial charge is 0.362 e. The number of carbonyl (C=O) groups excluding carboxylic acids is 2. The van der Waals surface area contributed by atoms with Crippen molar-refractivity contribution in [2.75, 3.05) is 41.0 Å². The van der Waals surface area contributed by atoms with Crippen LogP contribution in [0.1, 0.15) is 168 Å². The zero-order valence-corrected chi connectivity index (χ0v) is 33.6. The lowest BCUT2D eigenvalue weighted by Gasteiger charge is -2.31. The van der Waals surface area contributed by atoms with Gasteiger partial charge >= 0.3 is 17.9 Å². The van der Waals surface area contributed by atoms with Crippen LogP contribution in [-0.4, -0.2) is 80.6 Å². The van der Waals surface area contributed by atoms with E-state index in [0.717, 1.165) is 77.0 Å². The summed E-state index contributed by atoms with van der Waals surface area (Å²) >= 11 is 0. The summed E-state index contributed by atoms with van der Waals surface area (Å²) < 4.78 is 17.2. The van der Waals surface area contributed by atoms with Crippen LogP contribution in [0, 0.1) is 0 Å². The SMILES string of the molecule is CC/C=C\C/C=C\C/C=C\CCCCCCCC(=O)OC(COCCC(C(=O)O)[N+](C)(C)C)COC(=O)CCCCCCCCCCCCCC. The van der Waals surface area contributed by atoms with Crippen molar-refractivity contribution in [3.8, 4) is 0 Å². The molecule has 0 aliphatic heterocycles. The molecule has 0 bridgehead atoms. The van der Waals surface area contributed by atoms with Crippen molar-refractivity contribution in [2.24, 2.45) is 0 Å². The molecular formula is C43H78NO7+. The molecule has 8 heteroatoms. The molecule has 0 aliphatic rings. The normalized spacial score (nSPS) is 13.4. The number of carbonyl (C=O) groups is 3. The van der Waals surface area contributed by atoms with Crippen LogP contribution in [0.4, 0.5) is 0 Å². The van der Waals surface area contributed by atoms with Gasteiger partial charge < -0.3 is 23.8 Å². The Hall–Kier alpha value is -2.45. The average molecular weight is 721 g/mol. The third kappa shape index (κ3) is 33.2. The van der Waals surface area contributed by atoms with E-state index in [1.165, 1.54) is 57.8 Å². The van der Waals surface area contributed by atoms with Crippen LogP contribution in [0.3, 0.4) is 0 Å². The van der Waals surface area contributed by atoms with E-state index in [1.54, 1.807) is 0 Å². The van der Waals surface area contributed by atoms with Gasteiger partial charge in [0.1, 0.15) is 6.61 Å². The van der Waals surface area contributed by atoms with E-state index in [-0.39, 0.29) is 36.2 Å². The predicted octanol–water partition coefficient (Wildman–Crippen LogP) is 10.7. The average Bonchev–Trinajstić information content (AvgIpc) is 3.08. The molecule has 51 heavy (non-hydrogen) atoms. The number of likely N-dealkylation sites (N-methyl/N-ethyl adjacent to an activating group) is 1. The fraction of sp³-hybridized carbons (Fsp3) is 0.791. The van der Waals surface area contributed by atoms with Crippen molar-refractivity contribution < 1.29 is 38.2 Å². The number of carboxylic acids is 1. The highest BCUT2D eigenvalue weighted by Gasteiger charge is 2.31. The Morgan fingerprint density at radius 3 is 1.63 bits per heavy atom. The van der Waals surface area contributed by atoms with E-state index in [0.29, 0.717) is 19.3 Å². The van der Waals surface area contributed by atoms with Gasteiger partial charge in [0, 0.05) is 19.3 Å². The summed E-state index contributed by atoms with van der Waals surface area (Å²) in [5, 5.41) is 9.59. The molecule has 0 aromatic rings. The third-order valence-electron chi connectivity index (χ3n) is 9.05. The van der Waals surface area contributed by atoms with Crippen molar-refractivity contribution in [2.45, 2.75) is 180 Å². The number of esters is 2. The Morgan fingerprint density at radius 2 is 1.10 bits per heavy atom. The van der Waals surface area contributed by atoms with Gasteiger partial charge in [-0.1, -0.05) is 140 Å². The highest BCUT2D eigenvalue weighted by molar-refractivity contribution is 5.72. The zero-order chi connectivity index (χ0) is 37.8. The van der Waals surface area contributed by atoms with Gasteiger partial charge in [0.2, 0.25) is 0 Å². The Kier molecular flexibility index (Phi) is 33.0. The first-order valence-electron chi connectivity index (χ1n) is 20.5. The molecule has 0 amide bonds. The van der Waals surface area contributed by atoms with Crippen molar-refractivity contribution in [3.05, 3.63) is 36.5 Å². The summed E-state index contributed by atoms with van der Waals surface area (Å²) in [6.45, 7) is 4.60. The van der Waals surface area contributed by atoms with Gasteiger partial charge in [-0.2, -0.15) is 0 Å². The summed E-state index contributed by atoms with van der Waals surface area (Å²) in [5.41, 5.74) is 0. The van der Waals surface area contributed by atoms with Crippen molar-refractivity contribution in [1.29, 1.82) is 0 Å². The molecule has 8 nitrogen and oxygen atoms in total. The molecular weight excluding hydrogens is 642 g/mol. The van der Waals surface area contributed by atoms with Crippen LogP contribution in [0.5, 0.6) is 0 Å². The monoisotopic (exact) mass is 721 g/mol. The van der Waals surface area contributed by atoms with Crippen molar-refractivity contribution in [3.63, 3.8) is 0 Å². The van der Waals surface area contributed by atoms with Gasteiger partial charge in [-0.3, -0.25) is 9.59 Å². The van der Waals surface area contributed by atoms with Crippen molar-refractivity contribution in [1.82, 2.24) is 0 Å². The van der Waals surface area contributed by atoms with E-state index < -0.39 is 18.1 Å². The number of rotatable bonds is 36. The fourth-order valence-corrected chi connectivity index (χ4v) is 5.87. The molecule has 2 unspecified atom stereocenters. The van der Waals surface area contributed by atoms with Gasteiger partial charge in [0.05, 0.1) is 34.4 Å². The minimum absolute atomic E-state index is 0.0558. The number of hydrogen-bond acceptors (Lipinski definition) is 6. The topological polar surface area (TPSA) is 99.1 Å². The van der Waals surface area contributed by atoms with E-state index in [2.05, 4.69) is 50.3 Å². The van der Waals surface area contributed by atoms with Gasteiger partial charge in [0.15, 0.2) is 12.1 Å². The highest BCUT2D eigenvalue weighted by atomic mass is 16.6. The zero-order valence-electron chi connectivity index (χ0n) is 33.6. The standard InChI is InChI=1S/C43H77NO7/c1-6-8-10-12-14-16-18-20-21-22-24-26-28-30-32-34-42(46)51-39(37-49-36-35-40(43(47)48)44(3,4)5)38-50-41(45)33-31-29-27-25-23-19-17-15-13-11-9-7-2/h8,10,14,16,20-21,39-40H,6-7,9,11-13,15,17-19,22-38H2,1-5H3/p+1/b10-8-,16-14-,21-20-.